The molecule has 2 saturated carbocycles. The molecule has 4 heterocycles. The fourth-order valence-electron chi connectivity index (χ4n) is 5.57. The lowest BCUT2D eigenvalue weighted by molar-refractivity contribution is -0.143. The Labute approximate surface area is 192 Å². The molecule has 34 heavy (non-hydrogen) atoms. The number of nitrogens with zero attached hydrogens (tertiary/aromatic N) is 5. The first kappa shape index (κ1) is 20.7. The summed E-state index contributed by atoms with van der Waals surface area (Å²) < 4.78 is 31.2. The van der Waals surface area contributed by atoms with Crippen molar-refractivity contribution in [1.82, 2.24) is 29.7 Å². The van der Waals surface area contributed by atoms with E-state index in [4.69, 9.17) is 0 Å². The minimum absolute atomic E-state index is 0.0225. The topological polar surface area (TPSA) is 122 Å². The molecule has 2 aliphatic rings. The second kappa shape index (κ2) is 7.57. The van der Waals surface area contributed by atoms with E-state index in [2.05, 4.69) is 30.4 Å². The van der Waals surface area contributed by atoms with Crippen LogP contribution >= 0.6 is 0 Å². The number of anilines is 1. The zero-order valence-corrected chi connectivity index (χ0v) is 18.2. The first-order valence-corrected chi connectivity index (χ1v) is 11.1. The quantitative estimate of drug-likeness (QED) is 0.412. The molecule has 6 rings (SSSR count). The third-order valence-corrected chi connectivity index (χ3v) is 7.07. The van der Waals surface area contributed by atoms with Gasteiger partial charge in [-0.1, -0.05) is 0 Å². The summed E-state index contributed by atoms with van der Waals surface area (Å²) in [6, 6.07) is 0.881. The Bertz CT molecular complexity index is 1430. The number of fused-ring (bicyclic) bond motifs is 3. The summed E-state index contributed by atoms with van der Waals surface area (Å²) in [6.45, 7) is 0. The van der Waals surface area contributed by atoms with Gasteiger partial charge in [-0.3, -0.25) is 9.48 Å². The van der Waals surface area contributed by atoms with Gasteiger partial charge in [-0.25, -0.2) is 23.7 Å². The van der Waals surface area contributed by atoms with Crippen LogP contribution in [0.1, 0.15) is 19.3 Å². The highest BCUT2D eigenvalue weighted by atomic mass is 19.1. The Kier molecular flexibility index (Phi) is 4.61. The molecular weight excluding hydrogens is 444 g/mol. The minimum atomic E-state index is -0.884. The van der Waals surface area contributed by atoms with Crippen LogP contribution in [0.2, 0.25) is 0 Å². The van der Waals surface area contributed by atoms with Crippen LogP contribution in [0, 0.1) is 29.4 Å². The van der Waals surface area contributed by atoms with Crippen molar-refractivity contribution in [3.05, 3.63) is 42.5 Å². The molecule has 174 valence electrons. The van der Waals surface area contributed by atoms with Gasteiger partial charge in [0.2, 0.25) is 0 Å². The van der Waals surface area contributed by atoms with Gasteiger partial charge in [0.15, 0.2) is 17.5 Å². The lowest BCUT2D eigenvalue weighted by atomic mass is 9.84. The number of carboxylic acids is 1. The average molecular weight is 465 g/mol. The monoisotopic (exact) mass is 465 g/mol. The van der Waals surface area contributed by atoms with Gasteiger partial charge in [0.05, 0.1) is 18.3 Å². The molecule has 11 heteroatoms. The molecule has 4 unspecified atom stereocenters. The third-order valence-electron chi connectivity index (χ3n) is 7.07. The summed E-state index contributed by atoms with van der Waals surface area (Å²) in [7, 11) is 1.71. The van der Waals surface area contributed by atoms with E-state index < -0.39 is 29.6 Å². The molecule has 4 aromatic rings. The normalized spacial score (nSPS) is 23.6. The lowest BCUT2D eigenvalue weighted by Crippen LogP contribution is -2.39. The molecule has 3 N–H and O–H groups in total. The van der Waals surface area contributed by atoms with E-state index in [0.29, 0.717) is 22.2 Å². The summed E-state index contributed by atoms with van der Waals surface area (Å²) in [6.07, 6.45) is 8.39. The van der Waals surface area contributed by atoms with Gasteiger partial charge in [0, 0.05) is 42.0 Å². The first-order valence-electron chi connectivity index (χ1n) is 11.1. The lowest BCUT2D eigenvalue weighted by Gasteiger charge is -2.29. The first-order chi connectivity index (χ1) is 16.4. The molecule has 0 aromatic carbocycles. The van der Waals surface area contributed by atoms with Gasteiger partial charge in [0.1, 0.15) is 17.2 Å². The van der Waals surface area contributed by atoms with E-state index in [-0.39, 0.29) is 29.2 Å². The SMILES string of the molecule is Cn1cc(-c2nc(-c3c[nH]c4ncc(F)cc34)nc(NC3C4CCC(C4)C3C(=O)O)c2F)cn1. The van der Waals surface area contributed by atoms with Crippen LogP contribution < -0.4 is 5.32 Å². The van der Waals surface area contributed by atoms with E-state index in [1.54, 1.807) is 19.4 Å². The Hall–Kier alpha value is -3.89. The van der Waals surface area contributed by atoms with Gasteiger partial charge >= 0.3 is 5.97 Å². The molecule has 0 spiro atoms. The number of hydrogen-bond donors (Lipinski definition) is 3. The predicted octanol–water partition coefficient (Wildman–Crippen LogP) is 3.61. The van der Waals surface area contributed by atoms with Crippen molar-refractivity contribution in [2.24, 2.45) is 24.8 Å². The number of hydrogen-bond acceptors (Lipinski definition) is 6. The highest BCUT2D eigenvalue weighted by Gasteiger charge is 2.51. The Morgan fingerprint density at radius 3 is 2.82 bits per heavy atom. The summed E-state index contributed by atoms with van der Waals surface area (Å²) in [5.41, 5.74) is 1.37. The van der Waals surface area contributed by atoms with Crippen LogP contribution in [0.25, 0.3) is 33.7 Å². The molecule has 0 aliphatic heterocycles. The Morgan fingerprint density at radius 1 is 1.24 bits per heavy atom. The minimum Gasteiger partial charge on any atom is -0.481 e. The number of aromatic nitrogens is 6. The summed E-state index contributed by atoms with van der Waals surface area (Å²) in [5, 5.41) is 17.5. The summed E-state index contributed by atoms with van der Waals surface area (Å²) in [4.78, 5) is 27.9. The highest BCUT2D eigenvalue weighted by Crippen LogP contribution is 2.50. The molecule has 0 radical (unpaired) electrons. The zero-order chi connectivity index (χ0) is 23.6. The number of carbonyl (C=O) groups is 1. The second-order valence-electron chi connectivity index (χ2n) is 9.08. The number of rotatable bonds is 5. The zero-order valence-electron chi connectivity index (χ0n) is 18.2. The molecule has 4 aromatic heterocycles. The number of carboxylic acid groups (broad SMARTS) is 1. The van der Waals surface area contributed by atoms with Gasteiger partial charge in [0.25, 0.3) is 0 Å². The number of H-pyrrole nitrogens is 1. The van der Waals surface area contributed by atoms with Crippen LogP contribution in [-0.4, -0.2) is 46.8 Å². The van der Waals surface area contributed by atoms with Gasteiger partial charge in [-0.2, -0.15) is 5.10 Å². The number of aromatic amines is 1. The molecule has 2 fully saturated rings. The fourth-order valence-corrected chi connectivity index (χ4v) is 5.57. The van der Waals surface area contributed by atoms with Crippen LogP contribution in [0.4, 0.5) is 14.6 Å². The molecule has 2 aliphatic carbocycles. The van der Waals surface area contributed by atoms with Gasteiger partial charge < -0.3 is 15.4 Å². The van der Waals surface area contributed by atoms with Gasteiger partial charge in [-0.15, -0.1) is 0 Å². The molecular formula is C23H21F2N7O2. The van der Waals surface area contributed by atoms with Gasteiger partial charge in [-0.05, 0) is 37.2 Å². The van der Waals surface area contributed by atoms with Crippen molar-refractivity contribution in [1.29, 1.82) is 0 Å². The smallest absolute Gasteiger partial charge is 0.308 e. The van der Waals surface area contributed by atoms with E-state index in [9.17, 15) is 14.3 Å². The van der Waals surface area contributed by atoms with Crippen molar-refractivity contribution >= 4 is 22.8 Å². The van der Waals surface area contributed by atoms with Crippen molar-refractivity contribution in [2.45, 2.75) is 25.3 Å². The summed E-state index contributed by atoms with van der Waals surface area (Å²) in [5.74, 6) is -2.40. The second-order valence-corrected chi connectivity index (χ2v) is 9.08. The Balaban J connectivity index is 1.50. The number of nitrogens with one attached hydrogen (secondary N) is 2. The maximum atomic E-state index is 15.7. The molecule has 0 amide bonds. The largest absolute Gasteiger partial charge is 0.481 e. The van der Waals surface area contributed by atoms with Crippen LogP contribution in [0.5, 0.6) is 0 Å². The van der Waals surface area contributed by atoms with Crippen molar-refractivity contribution in [3.8, 4) is 22.6 Å². The third kappa shape index (κ3) is 3.22. The Morgan fingerprint density at radius 2 is 2.06 bits per heavy atom. The standard InChI is InChI=1S/C23H21F2N7O2/c1-32-9-12(6-28-32)19-17(25)22(29-18-11-3-2-10(4-11)16(18)23(33)34)31-21(30-19)15-8-27-20-14(15)5-13(24)7-26-20/h5-11,16,18H,2-4H2,1H3,(H,26,27)(H,33,34)(H,29,30,31). The van der Waals surface area contributed by atoms with Crippen molar-refractivity contribution in [2.75, 3.05) is 5.32 Å². The molecule has 4 atom stereocenters. The average Bonchev–Trinajstić information content (AvgIpc) is 3.58. The van der Waals surface area contributed by atoms with E-state index in [0.717, 1.165) is 25.5 Å². The number of aryl methyl sites for hydroxylation is 1. The molecule has 0 saturated heterocycles. The van der Waals surface area contributed by atoms with E-state index in [1.165, 1.54) is 16.9 Å². The predicted molar refractivity (Wildman–Crippen MR) is 119 cm³/mol. The highest BCUT2D eigenvalue weighted by molar-refractivity contribution is 5.92. The summed E-state index contributed by atoms with van der Waals surface area (Å²) >= 11 is 0. The van der Waals surface area contributed by atoms with Crippen LogP contribution in [0.3, 0.4) is 0 Å². The van der Waals surface area contributed by atoms with Crippen molar-refractivity contribution in [3.63, 3.8) is 0 Å². The number of pyridine rings is 1. The molecule has 9 nitrogen and oxygen atoms in total. The van der Waals surface area contributed by atoms with Crippen molar-refractivity contribution < 1.29 is 18.7 Å². The number of halogens is 2. The van der Waals surface area contributed by atoms with Crippen LogP contribution in [-0.2, 0) is 11.8 Å². The fraction of sp³-hybridized carbons (Fsp3) is 0.348. The van der Waals surface area contributed by atoms with Crippen LogP contribution in [0.15, 0.2) is 30.9 Å². The van der Waals surface area contributed by atoms with E-state index in [1.807, 2.05) is 0 Å². The maximum Gasteiger partial charge on any atom is 0.308 e. The molecule has 2 bridgehead atoms. The van der Waals surface area contributed by atoms with E-state index >= 15 is 4.39 Å². The number of aliphatic carboxylic acids is 1. The maximum absolute atomic E-state index is 15.7.